The predicted octanol–water partition coefficient (Wildman–Crippen LogP) is 4.21. The maximum atomic E-state index is 12.8. The van der Waals surface area contributed by atoms with Crippen molar-refractivity contribution in [3.8, 4) is 0 Å². The fraction of sp³-hybridized carbons (Fsp3) is 0.375. The second kappa shape index (κ2) is 5.96. The molecule has 0 unspecified atom stereocenters. The van der Waals surface area contributed by atoms with E-state index in [2.05, 4.69) is 11.6 Å². The van der Waals surface area contributed by atoms with Gasteiger partial charge in [0.1, 0.15) is 0 Å². The number of hydrogen-bond donors (Lipinski definition) is 0. The van der Waals surface area contributed by atoms with Gasteiger partial charge < -0.3 is 4.90 Å². The largest absolute Gasteiger partial charge is 0.416 e. The number of carbonyl (C=O) groups excluding carboxylic acids is 1. The lowest BCUT2D eigenvalue weighted by Gasteiger charge is -2.30. The Labute approximate surface area is 135 Å². The number of aromatic nitrogens is 1. The summed E-state index contributed by atoms with van der Waals surface area (Å²) in [4.78, 5) is 17.7. The van der Waals surface area contributed by atoms with Crippen LogP contribution in [0, 0.1) is 0 Å². The first-order valence-corrected chi connectivity index (χ1v) is 8.09. The van der Waals surface area contributed by atoms with E-state index in [1.165, 1.54) is 23.5 Å². The van der Waals surface area contributed by atoms with Crippen LogP contribution >= 0.6 is 11.3 Å². The second-order valence-corrected chi connectivity index (χ2v) is 6.60. The highest BCUT2D eigenvalue weighted by Crippen LogP contribution is 2.36. The molecule has 1 fully saturated rings. The van der Waals surface area contributed by atoms with Crippen LogP contribution in [-0.2, 0) is 11.0 Å². The molecule has 3 rings (SSSR count). The maximum absolute atomic E-state index is 12.8. The third-order valence-electron chi connectivity index (χ3n) is 4.06. The van der Waals surface area contributed by atoms with E-state index in [1.807, 2.05) is 0 Å². The van der Waals surface area contributed by atoms with Crippen LogP contribution in [0.5, 0.6) is 0 Å². The lowest BCUT2D eigenvalue weighted by molar-refractivity contribution is -0.137. The zero-order valence-corrected chi connectivity index (χ0v) is 13.1. The highest BCUT2D eigenvalue weighted by molar-refractivity contribution is 7.18. The molecule has 0 N–H and O–H groups in total. The van der Waals surface area contributed by atoms with Crippen molar-refractivity contribution in [3.05, 3.63) is 41.4 Å². The first-order chi connectivity index (χ1) is 10.9. The lowest BCUT2D eigenvalue weighted by Crippen LogP contribution is -2.36. The molecular weight excluding hydrogens is 325 g/mol. The van der Waals surface area contributed by atoms with Crippen LogP contribution in [0.15, 0.2) is 30.9 Å². The number of amides is 1. The van der Waals surface area contributed by atoms with E-state index in [0.717, 1.165) is 34.7 Å². The molecule has 0 bridgehead atoms. The van der Waals surface area contributed by atoms with E-state index in [0.29, 0.717) is 18.6 Å². The van der Waals surface area contributed by atoms with Gasteiger partial charge in [0.25, 0.3) is 0 Å². The minimum absolute atomic E-state index is 0.0810. The van der Waals surface area contributed by atoms with Crippen LogP contribution < -0.4 is 0 Å². The standard InChI is InChI=1S/C16H15F3N2OS/c1-2-14(22)21-7-5-10(6-8-21)15-20-12-9-11(16(17,18)19)3-4-13(12)23-15/h2-4,9-10H,1,5-8H2. The Balaban J connectivity index is 1.79. The molecule has 2 aromatic rings. The third-order valence-corrected chi connectivity index (χ3v) is 5.26. The quantitative estimate of drug-likeness (QED) is 0.768. The van der Waals surface area contributed by atoms with E-state index >= 15 is 0 Å². The molecule has 122 valence electrons. The number of halogens is 3. The molecule has 1 aromatic heterocycles. The SMILES string of the molecule is C=CC(=O)N1CCC(c2nc3cc(C(F)(F)F)ccc3s2)CC1. The summed E-state index contributed by atoms with van der Waals surface area (Å²) in [5.41, 5.74) is -0.280. The number of thiazole rings is 1. The van der Waals surface area contributed by atoms with E-state index in [4.69, 9.17) is 0 Å². The van der Waals surface area contributed by atoms with Crippen molar-refractivity contribution < 1.29 is 18.0 Å². The number of benzene rings is 1. The van der Waals surface area contributed by atoms with Crippen molar-refractivity contribution in [2.75, 3.05) is 13.1 Å². The minimum Gasteiger partial charge on any atom is -0.339 e. The highest BCUT2D eigenvalue weighted by Gasteiger charge is 2.31. The molecule has 0 atom stereocenters. The van der Waals surface area contributed by atoms with Crippen molar-refractivity contribution >= 4 is 27.5 Å². The van der Waals surface area contributed by atoms with Gasteiger partial charge in [-0.3, -0.25) is 4.79 Å². The van der Waals surface area contributed by atoms with Gasteiger partial charge in [0.2, 0.25) is 5.91 Å². The summed E-state index contributed by atoms with van der Waals surface area (Å²) in [5.74, 6) is 0.109. The van der Waals surface area contributed by atoms with Gasteiger partial charge >= 0.3 is 6.18 Å². The Morgan fingerprint density at radius 2 is 2.04 bits per heavy atom. The molecule has 1 amide bonds. The highest BCUT2D eigenvalue weighted by atomic mass is 32.1. The molecule has 1 saturated heterocycles. The normalized spacial score (nSPS) is 16.7. The van der Waals surface area contributed by atoms with Crippen LogP contribution in [0.25, 0.3) is 10.2 Å². The minimum atomic E-state index is -4.35. The van der Waals surface area contributed by atoms with Gasteiger partial charge in [-0.15, -0.1) is 11.3 Å². The van der Waals surface area contributed by atoms with Crippen molar-refractivity contribution in [2.45, 2.75) is 24.9 Å². The molecule has 0 aliphatic carbocycles. The molecule has 0 saturated carbocycles. The van der Waals surface area contributed by atoms with Gasteiger partial charge in [-0.1, -0.05) is 6.58 Å². The number of likely N-dealkylation sites (tertiary alicyclic amines) is 1. The van der Waals surface area contributed by atoms with Crippen molar-refractivity contribution in [1.29, 1.82) is 0 Å². The van der Waals surface area contributed by atoms with Crippen LogP contribution in [0.1, 0.15) is 29.3 Å². The summed E-state index contributed by atoms with van der Waals surface area (Å²) in [6.45, 7) is 4.72. The van der Waals surface area contributed by atoms with E-state index in [-0.39, 0.29) is 11.8 Å². The Morgan fingerprint density at radius 3 is 2.65 bits per heavy atom. The summed E-state index contributed by atoms with van der Waals surface area (Å²) in [5, 5.41) is 0.852. The predicted molar refractivity (Wildman–Crippen MR) is 83.4 cm³/mol. The Morgan fingerprint density at radius 1 is 1.35 bits per heavy atom. The third kappa shape index (κ3) is 3.24. The van der Waals surface area contributed by atoms with Crippen molar-refractivity contribution in [1.82, 2.24) is 9.88 Å². The number of carbonyl (C=O) groups is 1. The summed E-state index contributed by atoms with van der Waals surface area (Å²) < 4.78 is 39.0. The fourth-order valence-electron chi connectivity index (χ4n) is 2.77. The molecule has 7 heteroatoms. The van der Waals surface area contributed by atoms with Crippen LogP contribution in [-0.4, -0.2) is 28.9 Å². The summed E-state index contributed by atoms with van der Waals surface area (Å²) >= 11 is 1.44. The van der Waals surface area contributed by atoms with Crippen molar-refractivity contribution in [2.24, 2.45) is 0 Å². The Hall–Kier alpha value is -1.89. The number of rotatable bonds is 2. The van der Waals surface area contributed by atoms with E-state index in [1.54, 1.807) is 4.90 Å². The van der Waals surface area contributed by atoms with Crippen LogP contribution in [0.3, 0.4) is 0 Å². The topological polar surface area (TPSA) is 33.2 Å². The molecule has 1 aliphatic heterocycles. The molecule has 23 heavy (non-hydrogen) atoms. The Kier molecular flexibility index (Phi) is 4.14. The molecule has 3 nitrogen and oxygen atoms in total. The average Bonchev–Trinajstić information content (AvgIpc) is 2.96. The van der Waals surface area contributed by atoms with Crippen molar-refractivity contribution in [3.63, 3.8) is 0 Å². The monoisotopic (exact) mass is 340 g/mol. The smallest absolute Gasteiger partial charge is 0.339 e. The molecule has 0 radical (unpaired) electrons. The number of alkyl halides is 3. The van der Waals surface area contributed by atoms with Gasteiger partial charge in [-0.05, 0) is 37.1 Å². The average molecular weight is 340 g/mol. The van der Waals surface area contributed by atoms with Gasteiger partial charge in [-0.2, -0.15) is 13.2 Å². The number of nitrogens with zero attached hydrogens (tertiary/aromatic N) is 2. The van der Waals surface area contributed by atoms with Crippen LogP contribution in [0.4, 0.5) is 13.2 Å². The first kappa shape index (κ1) is 16.0. The number of hydrogen-bond acceptors (Lipinski definition) is 3. The molecular formula is C16H15F3N2OS. The summed E-state index contributed by atoms with van der Waals surface area (Å²) in [7, 11) is 0. The molecule has 1 aromatic carbocycles. The zero-order chi connectivity index (χ0) is 16.6. The number of fused-ring (bicyclic) bond motifs is 1. The van der Waals surface area contributed by atoms with E-state index in [9.17, 15) is 18.0 Å². The maximum Gasteiger partial charge on any atom is 0.416 e. The summed E-state index contributed by atoms with van der Waals surface area (Å²) in [6.07, 6.45) is -1.51. The second-order valence-electron chi connectivity index (χ2n) is 5.54. The number of piperidine rings is 1. The van der Waals surface area contributed by atoms with Gasteiger partial charge in [-0.25, -0.2) is 4.98 Å². The first-order valence-electron chi connectivity index (χ1n) is 7.27. The summed E-state index contributed by atoms with van der Waals surface area (Å²) in [6, 6.07) is 3.68. The van der Waals surface area contributed by atoms with E-state index < -0.39 is 11.7 Å². The van der Waals surface area contributed by atoms with Gasteiger partial charge in [0.05, 0.1) is 20.8 Å². The molecule has 0 spiro atoms. The Bertz CT molecular complexity index is 745. The van der Waals surface area contributed by atoms with Gasteiger partial charge in [0.15, 0.2) is 0 Å². The van der Waals surface area contributed by atoms with Gasteiger partial charge in [0, 0.05) is 19.0 Å². The zero-order valence-electron chi connectivity index (χ0n) is 12.3. The lowest BCUT2D eigenvalue weighted by atomic mass is 9.97. The fourth-order valence-corrected chi connectivity index (χ4v) is 3.89. The molecule has 1 aliphatic rings. The molecule has 2 heterocycles. The van der Waals surface area contributed by atoms with Crippen LogP contribution in [0.2, 0.25) is 0 Å².